The van der Waals surface area contributed by atoms with Crippen molar-refractivity contribution in [3.8, 4) is 34.1 Å². The van der Waals surface area contributed by atoms with Crippen LogP contribution < -0.4 is 14.9 Å². The van der Waals surface area contributed by atoms with E-state index in [4.69, 9.17) is 13.9 Å². The average molecular weight is 454 g/mol. The summed E-state index contributed by atoms with van der Waals surface area (Å²) in [6.45, 7) is 6.50. The molecule has 0 saturated carbocycles. The molecule has 0 spiro atoms. The number of ether oxygens (including phenoxy) is 2. The third-order valence-electron chi connectivity index (χ3n) is 6.53. The van der Waals surface area contributed by atoms with Crippen LogP contribution in [0.5, 0.6) is 23.0 Å². The number of fused-ring (bicyclic) bond motifs is 3. The molecule has 0 fully saturated rings. The second-order valence-corrected chi connectivity index (χ2v) is 9.92. The second-order valence-electron chi connectivity index (χ2n) is 9.92. The molecule has 2 aromatic carbocycles. The lowest BCUT2D eigenvalue weighted by atomic mass is 9.94. The molecule has 3 aromatic rings. The number of aliphatic hydroxyl groups is 2. The lowest BCUT2D eigenvalue weighted by molar-refractivity contribution is -0.0231. The summed E-state index contributed by atoms with van der Waals surface area (Å²) in [5.41, 5.74) is -1.35. The van der Waals surface area contributed by atoms with Gasteiger partial charge in [0.15, 0.2) is 0 Å². The van der Waals surface area contributed by atoms with Gasteiger partial charge in [-0.05, 0) is 39.8 Å². The van der Waals surface area contributed by atoms with Crippen LogP contribution in [0.15, 0.2) is 33.7 Å². The molecule has 2 aliphatic heterocycles. The maximum Gasteiger partial charge on any atom is 0.204 e. The molecule has 2 unspecified atom stereocenters. The van der Waals surface area contributed by atoms with Crippen molar-refractivity contribution in [2.24, 2.45) is 0 Å². The van der Waals surface area contributed by atoms with E-state index in [1.54, 1.807) is 39.8 Å². The van der Waals surface area contributed by atoms with Gasteiger partial charge in [0, 0.05) is 35.6 Å². The minimum absolute atomic E-state index is 0.0169. The molecule has 0 aliphatic carbocycles. The van der Waals surface area contributed by atoms with Crippen LogP contribution >= 0.6 is 0 Å². The zero-order valence-electron chi connectivity index (χ0n) is 18.8. The Hall–Kier alpha value is -3.23. The van der Waals surface area contributed by atoms with E-state index in [0.29, 0.717) is 22.6 Å². The van der Waals surface area contributed by atoms with E-state index in [2.05, 4.69) is 0 Å². The third kappa shape index (κ3) is 3.32. The Morgan fingerprint density at radius 1 is 0.848 bits per heavy atom. The fraction of sp³-hybridized carbons (Fsp3) is 0.400. The smallest absolute Gasteiger partial charge is 0.204 e. The normalized spacial score (nSPS) is 19.8. The largest absolute Gasteiger partial charge is 0.507 e. The Kier molecular flexibility index (Phi) is 4.51. The average Bonchev–Trinajstić information content (AvgIpc) is 3.34. The molecule has 0 bridgehead atoms. The van der Waals surface area contributed by atoms with Gasteiger partial charge in [-0.15, -0.1) is 0 Å². The highest BCUT2D eigenvalue weighted by atomic mass is 16.5. The van der Waals surface area contributed by atoms with Crippen LogP contribution in [0, 0.1) is 0 Å². The van der Waals surface area contributed by atoms with Crippen molar-refractivity contribution in [3.05, 3.63) is 45.8 Å². The summed E-state index contributed by atoms with van der Waals surface area (Å²) in [7, 11) is 0. The van der Waals surface area contributed by atoms with Crippen molar-refractivity contribution in [1.29, 1.82) is 0 Å². The van der Waals surface area contributed by atoms with Crippen LogP contribution in [-0.4, -0.2) is 43.8 Å². The Balaban J connectivity index is 1.61. The van der Waals surface area contributed by atoms with Crippen molar-refractivity contribution in [2.45, 2.75) is 63.9 Å². The monoisotopic (exact) mass is 454 g/mol. The molecule has 0 radical (unpaired) electrons. The Morgan fingerprint density at radius 2 is 1.42 bits per heavy atom. The summed E-state index contributed by atoms with van der Waals surface area (Å²) in [6.07, 6.45) is 0.658. The zero-order chi connectivity index (χ0) is 23.9. The van der Waals surface area contributed by atoms with E-state index >= 15 is 0 Å². The molecule has 2 atom stereocenters. The van der Waals surface area contributed by atoms with Crippen LogP contribution in [0.4, 0.5) is 0 Å². The first-order chi connectivity index (χ1) is 15.4. The SMILES string of the molecule is CC(C)(O)C1Cc2c(ccc(-c3coc4cc5c(c(O)c4c3=O)CC(C(C)(C)O)O5)c2O)O1. The van der Waals surface area contributed by atoms with Gasteiger partial charge in [0.25, 0.3) is 0 Å². The molecule has 1 aromatic heterocycles. The summed E-state index contributed by atoms with van der Waals surface area (Å²) in [6, 6.07) is 4.73. The van der Waals surface area contributed by atoms with Gasteiger partial charge >= 0.3 is 0 Å². The number of phenolic OH excluding ortho intramolecular Hbond substituents is 2. The maximum atomic E-state index is 13.4. The van der Waals surface area contributed by atoms with Crippen LogP contribution in [0.25, 0.3) is 22.1 Å². The van der Waals surface area contributed by atoms with Crippen molar-refractivity contribution >= 4 is 11.0 Å². The van der Waals surface area contributed by atoms with Crippen molar-refractivity contribution in [3.63, 3.8) is 0 Å². The highest BCUT2D eigenvalue weighted by molar-refractivity contribution is 5.91. The number of hydrogen-bond acceptors (Lipinski definition) is 8. The Bertz CT molecular complexity index is 1340. The number of phenols is 2. The highest BCUT2D eigenvalue weighted by Gasteiger charge is 2.39. The first-order valence-corrected chi connectivity index (χ1v) is 10.8. The minimum atomic E-state index is -1.14. The topological polar surface area (TPSA) is 130 Å². The second kappa shape index (κ2) is 6.88. The van der Waals surface area contributed by atoms with Crippen molar-refractivity contribution in [2.75, 3.05) is 0 Å². The highest BCUT2D eigenvalue weighted by Crippen LogP contribution is 2.45. The van der Waals surface area contributed by atoms with Gasteiger partial charge in [0.2, 0.25) is 5.43 Å². The molecule has 8 heteroatoms. The van der Waals surface area contributed by atoms with Crippen LogP contribution in [-0.2, 0) is 12.8 Å². The number of hydrogen-bond donors (Lipinski definition) is 4. The molecule has 33 heavy (non-hydrogen) atoms. The predicted octanol–water partition coefficient (Wildman–Crippen LogP) is 3.02. The van der Waals surface area contributed by atoms with Gasteiger partial charge in [0.05, 0.1) is 16.8 Å². The van der Waals surface area contributed by atoms with E-state index in [0.717, 1.165) is 0 Å². The molecule has 8 nitrogen and oxygen atoms in total. The molecule has 4 N–H and O–H groups in total. The van der Waals surface area contributed by atoms with Crippen LogP contribution in [0.2, 0.25) is 0 Å². The quantitative estimate of drug-likeness (QED) is 0.475. The summed E-state index contributed by atoms with van der Waals surface area (Å²) in [5, 5.41) is 42.4. The van der Waals surface area contributed by atoms with Gasteiger partial charge < -0.3 is 34.3 Å². The van der Waals surface area contributed by atoms with Crippen molar-refractivity contribution in [1.82, 2.24) is 0 Å². The third-order valence-corrected chi connectivity index (χ3v) is 6.53. The van der Waals surface area contributed by atoms with Gasteiger partial charge in [-0.25, -0.2) is 0 Å². The fourth-order valence-electron chi connectivity index (χ4n) is 4.47. The van der Waals surface area contributed by atoms with E-state index in [-0.39, 0.29) is 46.4 Å². The summed E-state index contributed by atoms with van der Waals surface area (Å²) in [4.78, 5) is 13.4. The van der Waals surface area contributed by atoms with E-state index in [1.807, 2.05) is 0 Å². The van der Waals surface area contributed by atoms with Crippen LogP contribution in [0.1, 0.15) is 38.8 Å². The minimum Gasteiger partial charge on any atom is -0.507 e. The molecule has 3 heterocycles. The fourth-order valence-corrected chi connectivity index (χ4v) is 4.47. The van der Waals surface area contributed by atoms with Gasteiger partial charge in [0.1, 0.15) is 52.4 Å². The zero-order valence-corrected chi connectivity index (χ0v) is 18.8. The number of benzene rings is 2. The Morgan fingerprint density at radius 3 is 2.03 bits per heavy atom. The molecular weight excluding hydrogens is 428 g/mol. The lowest BCUT2D eigenvalue weighted by Crippen LogP contribution is -2.39. The van der Waals surface area contributed by atoms with E-state index < -0.39 is 28.8 Å². The molecular formula is C25H26O8. The number of aromatic hydroxyl groups is 2. The van der Waals surface area contributed by atoms with Gasteiger partial charge in [-0.2, -0.15) is 0 Å². The van der Waals surface area contributed by atoms with E-state index in [1.165, 1.54) is 12.3 Å². The van der Waals surface area contributed by atoms with E-state index in [9.17, 15) is 25.2 Å². The number of rotatable bonds is 3. The molecule has 0 saturated heterocycles. The molecule has 2 aliphatic rings. The summed E-state index contributed by atoms with van der Waals surface area (Å²) in [5.74, 6) is 0.426. The molecule has 174 valence electrons. The van der Waals surface area contributed by atoms with Crippen molar-refractivity contribution < 1.29 is 34.3 Å². The predicted molar refractivity (Wildman–Crippen MR) is 120 cm³/mol. The maximum absolute atomic E-state index is 13.4. The molecule has 5 rings (SSSR count). The lowest BCUT2D eigenvalue weighted by Gasteiger charge is -2.24. The molecule has 0 amide bonds. The Labute approximate surface area is 189 Å². The van der Waals surface area contributed by atoms with Gasteiger partial charge in [-0.3, -0.25) is 4.79 Å². The standard InChI is InChI=1S/C25H26O8/c1-24(2,29)18-7-12-15(32-18)6-5-11(21(12)26)14-10-31-17-9-16-13(22(27)20(17)23(14)28)8-19(33-16)25(3,4)30/h5-6,9-10,18-19,26-27,29-30H,7-8H2,1-4H3. The van der Waals surface area contributed by atoms with Crippen LogP contribution in [0.3, 0.4) is 0 Å². The summed E-state index contributed by atoms with van der Waals surface area (Å²) >= 11 is 0. The first-order valence-electron chi connectivity index (χ1n) is 10.8. The first kappa shape index (κ1) is 21.6. The van der Waals surface area contributed by atoms with Gasteiger partial charge in [-0.1, -0.05) is 0 Å². The summed E-state index contributed by atoms with van der Waals surface area (Å²) < 4.78 is 17.2.